The van der Waals surface area contributed by atoms with Crippen LogP contribution in [0.15, 0.2) is 18.2 Å². The Labute approximate surface area is 124 Å². The second-order valence-electron chi connectivity index (χ2n) is 5.45. The van der Waals surface area contributed by atoms with Gasteiger partial charge in [0.2, 0.25) is 0 Å². The van der Waals surface area contributed by atoms with Gasteiger partial charge in [0.25, 0.3) is 0 Å². The molecule has 18 heavy (non-hydrogen) atoms. The van der Waals surface area contributed by atoms with Crippen LogP contribution in [0.1, 0.15) is 38.2 Å². The molecule has 0 amide bonds. The van der Waals surface area contributed by atoms with Gasteiger partial charge in [-0.15, -0.1) is 0 Å². The van der Waals surface area contributed by atoms with E-state index in [4.69, 9.17) is 11.6 Å². The van der Waals surface area contributed by atoms with Gasteiger partial charge in [-0.3, -0.25) is 0 Å². The summed E-state index contributed by atoms with van der Waals surface area (Å²) >= 11 is 9.74. The molecule has 2 unspecified atom stereocenters. The van der Waals surface area contributed by atoms with Gasteiger partial charge in [0.15, 0.2) is 0 Å². The van der Waals surface area contributed by atoms with Gasteiger partial charge < -0.3 is 4.90 Å². The summed E-state index contributed by atoms with van der Waals surface area (Å²) in [5, 5.41) is 1.68. The monoisotopic (exact) mass is 329 g/mol. The number of nitrogens with zero attached hydrogens (tertiary/aromatic N) is 1. The minimum absolute atomic E-state index is 0.666. The number of hydrogen-bond acceptors (Lipinski definition) is 1. The molecule has 1 aliphatic carbocycles. The van der Waals surface area contributed by atoms with Crippen LogP contribution < -0.4 is 4.90 Å². The first-order chi connectivity index (χ1) is 8.61. The minimum atomic E-state index is 0.666. The maximum absolute atomic E-state index is 6.28. The summed E-state index contributed by atoms with van der Waals surface area (Å²) in [5.41, 5.74) is 2.40. The highest BCUT2D eigenvalue weighted by molar-refractivity contribution is 9.08. The lowest BCUT2D eigenvalue weighted by Crippen LogP contribution is -2.35. The van der Waals surface area contributed by atoms with E-state index in [-0.39, 0.29) is 0 Å². The maximum Gasteiger partial charge on any atom is 0.0467 e. The van der Waals surface area contributed by atoms with Crippen LogP contribution >= 0.6 is 27.5 Å². The normalized spacial score (nSPS) is 24.0. The first-order valence-corrected chi connectivity index (χ1v) is 8.19. The van der Waals surface area contributed by atoms with Crippen molar-refractivity contribution in [2.45, 2.75) is 44.0 Å². The van der Waals surface area contributed by atoms with Crippen LogP contribution in [0, 0.1) is 5.92 Å². The Kier molecular flexibility index (Phi) is 4.97. The van der Waals surface area contributed by atoms with Crippen LogP contribution in [0.5, 0.6) is 0 Å². The molecule has 1 aromatic carbocycles. The molecule has 0 aromatic heterocycles. The lowest BCUT2D eigenvalue weighted by atomic mass is 9.86. The molecule has 2 atom stereocenters. The largest absolute Gasteiger partial charge is 0.372 e. The number of anilines is 1. The van der Waals surface area contributed by atoms with Crippen LogP contribution in [0.25, 0.3) is 0 Å². The Morgan fingerprint density at radius 1 is 1.39 bits per heavy atom. The van der Waals surface area contributed by atoms with Crippen molar-refractivity contribution in [3.63, 3.8) is 0 Å². The van der Waals surface area contributed by atoms with E-state index >= 15 is 0 Å². The Morgan fingerprint density at radius 3 is 2.78 bits per heavy atom. The van der Waals surface area contributed by atoms with E-state index in [9.17, 15) is 0 Å². The van der Waals surface area contributed by atoms with Crippen molar-refractivity contribution in [2.24, 2.45) is 5.92 Å². The molecule has 1 aromatic rings. The van der Waals surface area contributed by atoms with E-state index < -0.39 is 0 Å². The first-order valence-electron chi connectivity index (χ1n) is 6.69. The Morgan fingerprint density at radius 2 is 2.17 bits per heavy atom. The second-order valence-corrected chi connectivity index (χ2v) is 6.41. The van der Waals surface area contributed by atoms with Crippen molar-refractivity contribution in [3.05, 3.63) is 28.8 Å². The van der Waals surface area contributed by atoms with Gasteiger partial charge in [-0.2, -0.15) is 0 Å². The van der Waals surface area contributed by atoms with Gasteiger partial charge in [0.1, 0.15) is 0 Å². The highest BCUT2D eigenvalue weighted by Crippen LogP contribution is 2.31. The van der Waals surface area contributed by atoms with Gasteiger partial charge in [-0.05, 0) is 36.5 Å². The fraction of sp³-hybridized carbons (Fsp3) is 0.600. The summed E-state index contributed by atoms with van der Waals surface area (Å²) in [6.45, 7) is 2.36. The molecule has 0 radical (unpaired) electrons. The molecule has 1 fully saturated rings. The molecule has 1 saturated carbocycles. The zero-order valence-corrected chi connectivity index (χ0v) is 13.5. The predicted molar refractivity (Wildman–Crippen MR) is 83.9 cm³/mol. The van der Waals surface area contributed by atoms with Crippen LogP contribution in [0.2, 0.25) is 5.02 Å². The average molecular weight is 331 g/mol. The summed E-state index contributed by atoms with van der Waals surface area (Å²) in [4.78, 5) is 2.40. The fourth-order valence-electron chi connectivity index (χ4n) is 2.83. The smallest absolute Gasteiger partial charge is 0.0467 e. The van der Waals surface area contributed by atoms with E-state index in [1.54, 1.807) is 0 Å². The van der Waals surface area contributed by atoms with E-state index in [0.717, 1.165) is 21.8 Å². The number of alkyl halides is 1. The number of halogens is 2. The predicted octanol–water partition coefficient (Wildman–Crippen LogP) is 5.25. The van der Waals surface area contributed by atoms with Crippen molar-refractivity contribution < 1.29 is 0 Å². The van der Waals surface area contributed by atoms with Crippen LogP contribution in [-0.2, 0) is 5.33 Å². The van der Waals surface area contributed by atoms with Crippen molar-refractivity contribution in [3.8, 4) is 0 Å². The molecule has 0 bridgehead atoms. The molecule has 3 heteroatoms. The van der Waals surface area contributed by atoms with Crippen LogP contribution in [0.3, 0.4) is 0 Å². The quantitative estimate of drug-likeness (QED) is 0.684. The lowest BCUT2D eigenvalue weighted by molar-refractivity contribution is 0.336. The van der Waals surface area contributed by atoms with Gasteiger partial charge in [0, 0.05) is 29.1 Å². The fourth-order valence-corrected chi connectivity index (χ4v) is 3.72. The maximum atomic E-state index is 6.28. The topological polar surface area (TPSA) is 3.24 Å². The van der Waals surface area contributed by atoms with Crippen molar-refractivity contribution in [1.82, 2.24) is 0 Å². The molecule has 0 aliphatic heterocycles. The third-order valence-electron chi connectivity index (χ3n) is 4.04. The summed E-state index contributed by atoms with van der Waals surface area (Å²) in [6.07, 6.45) is 5.34. The molecule has 0 heterocycles. The number of rotatable bonds is 3. The zero-order chi connectivity index (χ0) is 13.1. The first kappa shape index (κ1) is 14.2. The summed E-state index contributed by atoms with van der Waals surface area (Å²) in [7, 11) is 2.20. The molecule has 0 N–H and O–H groups in total. The summed E-state index contributed by atoms with van der Waals surface area (Å²) < 4.78 is 0. The average Bonchev–Trinajstić information content (AvgIpc) is 2.37. The summed E-state index contributed by atoms with van der Waals surface area (Å²) in [6, 6.07) is 7.06. The van der Waals surface area contributed by atoms with E-state index in [0.29, 0.717) is 6.04 Å². The molecule has 1 nitrogen and oxygen atoms in total. The standard InChI is InChI=1S/C15H21BrClN/c1-11-4-3-5-13(8-11)18(2)14-7-6-12(10-16)15(17)9-14/h6-7,9,11,13H,3-5,8,10H2,1-2H3. The Balaban J connectivity index is 2.12. The van der Waals surface area contributed by atoms with Gasteiger partial charge >= 0.3 is 0 Å². The molecule has 0 spiro atoms. The molecular weight excluding hydrogens is 310 g/mol. The number of hydrogen-bond donors (Lipinski definition) is 0. The Bertz CT molecular complexity index is 407. The molecule has 2 rings (SSSR count). The SMILES string of the molecule is CC1CCCC(N(C)c2ccc(CBr)c(Cl)c2)C1. The van der Waals surface area contributed by atoms with Crippen LogP contribution in [0.4, 0.5) is 5.69 Å². The zero-order valence-electron chi connectivity index (χ0n) is 11.1. The van der Waals surface area contributed by atoms with Gasteiger partial charge in [-0.25, -0.2) is 0 Å². The molecule has 100 valence electrons. The van der Waals surface area contributed by atoms with Crippen LogP contribution in [-0.4, -0.2) is 13.1 Å². The van der Waals surface area contributed by atoms with E-state index in [1.165, 1.54) is 31.4 Å². The minimum Gasteiger partial charge on any atom is -0.372 e. The van der Waals surface area contributed by atoms with Gasteiger partial charge in [0.05, 0.1) is 0 Å². The van der Waals surface area contributed by atoms with E-state index in [2.05, 4.69) is 53.0 Å². The van der Waals surface area contributed by atoms with Crippen molar-refractivity contribution >= 4 is 33.2 Å². The van der Waals surface area contributed by atoms with Gasteiger partial charge in [-0.1, -0.05) is 53.4 Å². The molecular formula is C15H21BrClN. The second kappa shape index (κ2) is 6.29. The highest BCUT2D eigenvalue weighted by Gasteiger charge is 2.22. The van der Waals surface area contributed by atoms with E-state index in [1.807, 2.05) is 0 Å². The van der Waals surface area contributed by atoms with Crippen molar-refractivity contribution in [1.29, 1.82) is 0 Å². The summed E-state index contributed by atoms with van der Waals surface area (Å²) in [5.74, 6) is 0.850. The van der Waals surface area contributed by atoms with Crippen molar-refractivity contribution in [2.75, 3.05) is 11.9 Å². The highest BCUT2D eigenvalue weighted by atomic mass is 79.9. The lowest BCUT2D eigenvalue weighted by Gasteiger charge is -2.35. The molecule has 0 saturated heterocycles. The third-order valence-corrected chi connectivity index (χ3v) is 5.00. The molecule has 1 aliphatic rings. The third kappa shape index (κ3) is 3.21. The Hall–Kier alpha value is -0.210. The number of benzene rings is 1.